The Morgan fingerprint density at radius 3 is 2.31 bits per heavy atom. The predicted octanol–water partition coefficient (Wildman–Crippen LogP) is 6.26. The first-order valence-electron chi connectivity index (χ1n) is 10.8. The summed E-state index contributed by atoms with van der Waals surface area (Å²) in [7, 11) is 0. The maximum Gasteiger partial charge on any atom is 0.256 e. The summed E-state index contributed by atoms with van der Waals surface area (Å²) in [6, 6.07) is 25.8. The van der Waals surface area contributed by atoms with Crippen LogP contribution in [0.4, 0.5) is 5.69 Å². The number of amides is 1. The number of hydrogen-bond acceptors (Lipinski definition) is 3. The average molecular weight is 421 g/mol. The number of aromatic nitrogens is 3. The Balaban J connectivity index is 1.47. The third-order valence-electron chi connectivity index (χ3n) is 5.80. The summed E-state index contributed by atoms with van der Waals surface area (Å²) in [5, 5.41) is 14.3. The smallest absolute Gasteiger partial charge is 0.256 e. The van der Waals surface area contributed by atoms with Crippen LogP contribution < -0.4 is 5.32 Å². The molecule has 0 atom stereocenters. The Bertz CT molecular complexity index is 1440. The third kappa shape index (κ3) is 3.62. The summed E-state index contributed by atoms with van der Waals surface area (Å²) in [6.45, 7) is 6.31. The van der Waals surface area contributed by atoms with Gasteiger partial charge in [-0.15, -0.1) is 10.2 Å². The molecule has 5 nitrogen and oxygen atoms in total. The highest BCUT2D eigenvalue weighted by molar-refractivity contribution is 6.13. The van der Waals surface area contributed by atoms with E-state index in [0.717, 1.165) is 38.7 Å². The maximum atomic E-state index is 13.1. The van der Waals surface area contributed by atoms with Gasteiger partial charge in [0.2, 0.25) is 0 Å². The van der Waals surface area contributed by atoms with Crippen LogP contribution in [0.25, 0.3) is 27.5 Å². The molecular weight excluding hydrogens is 396 g/mol. The Hall–Kier alpha value is -3.99. The van der Waals surface area contributed by atoms with Crippen molar-refractivity contribution in [3.63, 3.8) is 0 Å². The molecule has 5 heteroatoms. The molecule has 0 saturated carbocycles. The quantitative estimate of drug-likeness (QED) is 0.373. The van der Waals surface area contributed by atoms with E-state index < -0.39 is 0 Å². The molecule has 0 unspecified atom stereocenters. The fourth-order valence-electron chi connectivity index (χ4n) is 3.92. The van der Waals surface area contributed by atoms with Crippen molar-refractivity contribution < 1.29 is 4.79 Å². The van der Waals surface area contributed by atoms with E-state index in [9.17, 15) is 4.79 Å². The van der Waals surface area contributed by atoms with E-state index in [-0.39, 0.29) is 5.91 Å². The Kier molecular flexibility index (Phi) is 4.94. The molecule has 1 aromatic heterocycles. The van der Waals surface area contributed by atoms with Crippen LogP contribution in [0.3, 0.4) is 0 Å². The van der Waals surface area contributed by atoms with Crippen LogP contribution in [0, 0.1) is 6.92 Å². The summed E-state index contributed by atoms with van der Waals surface area (Å²) in [4.78, 5) is 14.7. The highest BCUT2D eigenvalue weighted by atomic mass is 16.1. The number of hydrogen-bond donors (Lipinski definition) is 1. The van der Waals surface area contributed by atoms with Crippen LogP contribution in [0.5, 0.6) is 0 Å². The molecule has 32 heavy (non-hydrogen) atoms. The van der Waals surface area contributed by atoms with Crippen LogP contribution in [0.1, 0.15) is 41.3 Å². The molecule has 0 aliphatic rings. The molecule has 5 aromatic rings. The lowest BCUT2D eigenvalue weighted by molar-refractivity contribution is 0.102. The number of nitrogens with one attached hydrogen (secondary N) is 1. The van der Waals surface area contributed by atoms with Gasteiger partial charge in [-0.3, -0.25) is 4.79 Å². The van der Waals surface area contributed by atoms with E-state index in [4.69, 9.17) is 0 Å². The van der Waals surface area contributed by atoms with Crippen LogP contribution >= 0.6 is 0 Å². The molecular formula is C27H24N4O. The van der Waals surface area contributed by atoms with Crippen molar-refractivity contribution >= 4 is 33.4 Å². The van der Waals surface area contributed by atoms with Gasteiger partial charge >= 0.3 is 0 Å². The predicted molar refractivity (Wildman–Crippen MR) is 130 cm³/mol. The molecule has 0 radical (unpaired) electrons. The first kappa shape index (κ1) is 19.9. The van der Waals surface area contributed by atoms with Crippen LogP contribution in [-0.4, -0.2) is 20.9 Å². The number of anilines is 1. The number of carbonyl (C=O) groups is 1. The first-order chi connectivity index (χ1) is 15.5. The lowest BCUT2D eigenvalue weighted by Crippen LogP contribution is -2.13. The largest absolute Gasteiger partial charge is 0.322 e. The van der Waals surface area contributed by atoms with Crippen LogP contribution in [-0.2, 0) is 0 Å². The molecule has 1 N–H and O–H groups in total. The van der Waals surface area contributed by atoms with Gasteiger partial charge in [0.1, 0.15) is 11.0 Å². The van der Waals surface area contributed by atoms with Gasteiger partial charge in [-0.25, -0.2) is 0 Å². The van der Waals surface area contributed by atoms with Gasteiger partial charge < -0.3 is 5.32 Å². The molecule has 158 valence electrons. The minimum absolute atomic E-state index is 0.138. The average Bonchev–Trinajstić information content (AvgIpc) is 3.21. The topological polar surface area (TPSA) is 59.8 Å². The van der Waals surface area contributed by atoms with Gasteiger partial charge in [0, 0.05) is 11.3 Å². The number of rotatable bonds is 4. The van der Waals surface area contributed by atoms with Gasteiger partial charge in [-0.2, -0.15) is 4.80 Å². The fraction of sp³-hybridized carbons (Fsp3) is 0.148. The van der Waals surface area contributed by atoms with Gasteiger partial charge in [0.05, 0.1) is 5.69 Å². The van der Waals surface area contributed by atoms with E-state index >= 15 is 0 Å². The zero-order chi connectivity index (χ0) is 22.2. The standard InChI is InChI=1S/C27H24N4O/c1-17(2)19-11-13-21(14-12-19)31-29-25-15-18(3)24(16-26(25)30-31)28-27(32)23-10-6-8-20-7-4-5-9-22(20)23/h4-17H,1-3H3,(H,28,32). The van der Waals surface area contributed by atoms with Crippen molar-refractivity contribution in [2.45, 2.75) is 26.7 Å². The molecule has 0 bridgehead atoms. The number of carbonyl (C=O) groups excluding carboxylic acids is 1. The SMILES string of the molecule is Cc1cc2nn(-c3ccc(C(C)C)cc3)nc2cc1NC(=O)c1cccc2ccccc12. The van der Waals surface area contributed by atoms with Crippen molar-refractivity contribution in [2.75, 3.05) is 5.32 Å². The molecule has 0 spiro atoms. The molecule has 1 heterocycles. The van der Waals surface area contributed by atoms with Crippen molar-refractivity contribution in [3.05, 3.63) is 95.6 Å². The maximum absolute atomic E-state index is 13.1. The lowest BCUT2D eigenvalue weighted by atomic mass is 10.0. The second kappa shape index (κ2) is 7.93. The molecule has 4 aromatic carbocycles. The lowest BCUT2D eigenvalue weighted by Gasteiger charge is -2.10. The second-order valence-electron chi connectivity index (χ2n) is 8.37. The van der Waals surface area contributed by atoms with E-state index in [1.807, 2.05) is 73.7 Å². The second-order valence-corrected chi connectivity index (χ2v) is 8.37. The van der Waals surface area contributed by atoms with Gasteiger partial charge in [0.15, 0.2) is 0 Å². The Labute approximate surface area is 186 Å². The number of benzene rings is 4. The van der Waals surface area contributed by atoms with Crippen molar-refractivity contribution in [3.8, 4) is 5.69 Å². The minimum Gasteiger partial charge on any atom is -0.322 e. The van der Waals surface area contributed by atoms with Crippen molar-refractivity contribution in [2.24, 2.45) is 0 Å². The van der Waals surface area contributed by atoms with Crippen molar-refractivity contribution in [1.82, 2.24) is 15.0 Å². The van der Waals surface area contributed by atoms with E-state index in [2.05, 4.69) is 41.5 Å². The minimum atomic E-state index is -0.138. The monoisotopic (exact) mass is 420 g/mol. The Morgan fingerprint density at radius 2 is 1.56 bits per heavy atom. The van der Waals surface area contributed by atoms with Crippen molar-refractivity contribution in [1.29, 1.82) is 0 Å². The highest BCUT2D eigenvalue weighted by Gasteiger charge is 2.14. The van der Waals surface area contributed by atoms with Crippen LogP contribution in [0.2, 0.25) is 0 Å². The van der Waals surface area contributed by atoms with E-state index in [1.54, 1.807) is 4.80 Å². The number of aryl methyl sites for hydroxylation is 1. The van der Waals surface area contributed by atoms with Crippen LogP contribution in [0.15, 0.2) is 78.9 Å². The molecule has 1 amide bonds. The summed E-state index contributed by atoms with van der Waals surface area (Å²) >= 11 is 0. The Morgan fingerprint density at radius 1 is 0.875 bits per heavy atom. The summed E-state index contributed by atoms with van der Waals surface area (Å²) in [5.41, 5.74) is 6.03. The third-order valence-corrected chi connectivity index (χ3v) is 5.80. The zero-order valence-corrected chi connectivity index (χ0v) is 18.3. The fourth-order valence-corrected chi connectivity index (χ4v) is 3.92. The molecule has 5 rings (SSSR count). The molecule has 0 saturated heterocycles. The van der Waals surface area contributed by atoms with E-state index in [0.29, 0.717) is 11.5 Å². The molecule has 0 fully saturated rings. The normalized spacial score (nSPS) is 11.4. The highest BCUT2D eigenvalue weighted by Crippen LogP contribution is 2.25. The number of fused-ring (bicyclic) bond motifs is 2. The van der Waals surface area contributed by atoms with Gasteiger partial charge in [-0.05, 0) is 65.1 Å². The first-order valence-corrected chi connectivity index (χ1v) is 10.8. The zero-order valence-electron chi connectivity index (χ0n) is 18.3. The summed E-state index contributed by atoms with van der Waals surface area (Å²) < 4.78 is 0. The number of nitrogens with zero attached hydrogens (tertiary/aromatic N) is 3. The summed E-state index contributed by atoms with van der Waals surface area (Å²) in [6.07, 6.45) is 0. The molecule has 0 aliphatic carbocycles. The summed E-state index contributed by atoms with van der Waals surface area (Å²) in [5.74, 6) is 0.338. The van der Waals surface area contributed by atoms with Gasteiger partial charge in [0.25, 0.3) is 5.91 Å². The molecule has 0 aliphatic heterocycles. The van der Waals surface area contributed by atoms with E-state index in [1.165, 1.54) is 5.56 Å². The van der Waals surface area contributed by atoms with Gasteiger partial charge in [-0.1, -0.05) is 62.4 Å².